The number of likely N-dealkylation sites (tertiary alicyclic amines) is 1. The van der Waals surface area contributed by atoms with Gasteiger partial charge in [0.1, 0.15) is 5.82 Å². The van der Waals surface area contributed by atoms with Crippen LogP contribution in [0.5, 0.6) is 0 Å². The molecular weight excluding hydrogens is 447 g/mol. The largest absolute Gasteiger partial charge is 0.367 e. The second-order valence-corrected chi connectivity index (χ2v) is 10.2. The van der Waals surface area contributed by atoms with E-state index in [2.05, 4.69) is 34.9 Å². The molecule has 3 aliphatic rings. The molecule has 0 N–H and O–H groups in total. The highest BCUT2D eigenvalue weighted by molar-refractivity contribution is 6.33. The van der Waals surface area contributed by atoms with Gasteiger partial charge in [0.15, 0.2) is 5.78 Å². The molecule has 0 spiro atoms. The lowest BCUT2D eigenvalue weighted by atomic mass is 9.84. The average Bonchev–Trinajstić information content (AvgIpc) is 3.42. The Labute approximate surface area is 205 Å². The summed E-state index contributed by atoms with van der Waals surface area (Å²) in [5.41, 5.74) is 7.11. The summed E-state index contributed by atoms with van der Waals surface area (Å²) >= 11 is 6.56. The predicted octanol–water partition coefficient (Wildman–Crippen LogP) is 6.34. The SMILES string of the molecule is CCC(C(=O)c1ccc(F)cc1)N1CC[C@@H]2[C@H](C1)c1cc(-c3ccccc3Cl)cc3c1N2CC3. The van der Waals surface area contributed by atoms with Crippen LogP contribution in [0.15, 0.2) is 60.7 Å². The van der Waals surface area contributed by atoms with Crippen molar-refractivity contribution in [1.82, 2.24) is 4.90 Å². The first-order chi connectivity index (χ1) is 16.5. The minimum absolute atomic E-state index is 0.0913. The van der Waals surface area contributed by atoms with Gasteiger partial charge < -0.3 is 4.90 Å². The average molecular weight is 475 g/mol. The summed E-state index contributed by atoms with van der Waals surface area (Å²) in [4.78, 5) is 18.3. The maximum Gasteiger partial charge on any atom is 0.179 e. The van der Waals surface area contributed by atoms with Gasteiger partial charge in [0.05, 0.1) is 6.04 Å². The molecule has 0 bridgehead atoms. The summed E-state index contributed by atoms with van der Waals surface area (Å²) in [6, 6.07) is 19.0. The molecule has 5 heteroatoms. The van der Waals surface area contributed by atoms with Gasteiger partial charge in [-0.15, -0.1) is 0 Å². The zero-order valence-corrected chi connectivity index (χ0v) is 20.1. The molecule has 174 valence electrons. The van der Waals surface area contributed by atoms with Crippen molar-refractivity contribution in [1.29, 1.82) is 0 Å². The summed E-state index contributed by atoms with van der Waals surface area (Å²) in [6.45, 7) is 4.92. The van der Waals surface area contributed by atoms with E-state index in [4.69, 9.17) is 11.6 Å². The number of carbonyl (C=O) groups is 1. The predicted molar refractivity (Wildman–Crippen MR) is 135 cm³/mol. The number of halogens is 2. The fraction of sp³-hybridized carbons (Fsp3) is 0.345. The lowest BCUT2D eigenvalue weighted by molar-refractivity contribution is 0.0743. The molecule has 0 aliphatic carbocycles. The smallest absolute Gasteiger partial charge is 0.179 e. The van der Waals surface area contributed by atoms with Gasteiger partial charge >= 0.3 is 0 Å². The molecule has 0 amide bonds. The van der Waals surface area contributed by atoms with Gasteiger partial charge in [-0.05, 0) is 78.4 Å². The number of rotatable bonds is 5. The molecule has 3 nitrogen and oxygen atoms in total. The van der Waals surface area contributed by atoms with Crippen molar-refractivity contribution in [3.8, 4) is 11.1 Å². The van der Waals surface area contributed by atoms with Gasteiger partial charge in [0, 0.05) is 53.4 Å². The minimum atomic E-state index is -0.312. The zero-order chi connectivity index (χ0) is 23.4. The molecular formula is C29H28ClFN2O. The van der Waals surface area contributed by atoms with Gasteiger partial charge in [-0.25, -0.2) is 4.39 Å². The van der Waals surface area contributed by atoms with Crippen LogP contribution >= 0.6 is 11.6 Å². The van der Waals surface area contributed by atoms with E-state index in [1.54, 1.807) is 12.1 Å². The molecule has 3 aromatic rings. The highest BCUT2D eigenvalue weighted by atomic mass is 35.5. The Morgan fingerprint density at radius 1 is 1.12 bits per heavy atom. The lowest BCUT2D eigenvalue weighted by Gasteiger charge is -2.41. The highest BCUT2D eigenvalue weighted by Gasteiger charge is 2.46. The lowest BCUT2D eigenvalue weighted by Crippen LogP contribution is -2.51. The number of Topliss-reactive ketones (excluding diaryl/α,β-unsaturated/α-hetero) is 1. The van der Waals surface area contributed by atoms with Crippen LogP contribution in [0.25, 0.3) is 11.1 Å². The van der Waals surface area contributed by atoms with Gasteiger partial charge in [-0.1, -0.05) is 36.7 Å². The number of carbonyl (C=O) groups excluding carboxylic acids is 1. The summed E-state index contributed by atoms with van der Waals surface area (Å²) in [5.74, 6) is 0.154. The Hall–Kier alpha value is -2.69. The van der Waals surface area contributed by atoms with Crippen molar-refractivity contribution in [3.63, 3.8) is 0 Å². The van der Waals surface area contributed by atoms with Crippen molar-refractivity contribution in [2.45, 2.75) is 44.2 Å². The number of benzene rings is 3. The van der Waals surface area contributed by atoms with Crippen LogP contribution in [-0.2, 0) is 6.42 Å². The third-order valence-corrected chi connectivity index (χ3v) is 8.31. The zero-order valence-electron chi connectivity index (χ0n) is 19.3. The van der Waals surface area contributed by atoms with Crippen LogP contribution in [0, 0.1) is 5.82 Å². The number of piperidine rings is 1. The van der Waals surface area contributed by atoms with E-state index in [9.17, 15) is 9.18 Å². The van der Waals surface area contributed by atoms with E-state index < -0.39 is 0 Å². The van der Waals surface area contributed by atoms with E-state index in [-0.39, 0.29) is 17.6 Å². The molecule has 3 heterocycles. The third-order valence-electron chi connectivity index (χ3n) is 7.98. The van der Waals surface area contributed by atoms with Crippen LogP contribution in [0.3, 0.4) is 0 Å². The Bertz CT molecular complexity index is 1260. The molecule has 1 fully saturated rings. The molecule has 1 unspecified atom stereocenters. The fourth-order valence-electron chi connectivity index (χ4n) is 6.42. The van der Waals surface area contributed by atoms with E-state index in [0.717, 1.165) is 49.5 Å². The molecule has 34 heavy (non-hydrogen) atoms. The van der Waals surface area contributed by atoms with Crippen LogP contribution in [0.2, 0.25) is 5.02 Å². The minimum Gasteiger partial charge on any atom is -0.367 e. The summed E-state index contributed by atoms with van der Waals surface area (Å²) in [6.07, 6.45) is 2.87. The first-order valence-electron chi connectivity index (χ1n) is 12.3. The number of hydrogen-bond acceptors (Lipinski definition) is 3. The van der Waals surface area contributed by atoms with Crippen molar-refractivity contribution in [3.05, 3.63) is 88.2 Å². The van der Waals surface area contributed by atoms with Crippen molar-refractivity contribution in [2.75, 3.05) is 24.5 Å². The first-order valence-corrected chi connectivity index (χ1v) is 12.6. The number of ketones is 1. The second kappa shape index (κ2) is 8.51. The first kappa shape index (κ1) is 21.8. The van der Waals surface area contributed by atoms with Crippen molar-refractivity contribution >= 4 is 23.1 Å². The molecule has 0 saturated carbocycles. The Kier molecular flexibility index (Phi) is 5.46. The maximum atomic E-state index is 13.4. The fourth-order valence-corrected chi connectivity index (χ4v) is 6.67. The standard InChI is InChI=1S/C29H28ClFN2O/c1-2-26(29(34)18-7-9-21(31)10-8-18)32-13-12-27-24(17-32)23-16-20(22-5-3-4-6-25(22)30)15-19-11-14-33(27)28(19)23/h3-10,15-16,24,26-27H,2,11-14,17H2,1H3/t24-,26?,27-/m1/s1. The molecule has 3 aliphatic heterocycles. The number of fused-ring (bicyclic) bond motifs is 3. The van der Waals surface area contributed by atoms with Gasteiger partial charge in [-0.3, -0.25) is 9.69 Å². The number of hydrogen-bond donors (Lipinski definition) is 0. The number of nitrogens with zero attached hydrogens (tertiary/aromatic N) is 2. The van der Waals surface area contributed by atoms with E-state index in [1.165, 1.54) is 34.5 Å². The van der Waals surface area contributed by atoms with Crippen LogP contribution < -0.4 is 4.90 Å². The second-order valence-electron chi connectivity index (χ2n) is 9.75. The quantitative estimate of drug-likeness (QED) is 0.403. The number of anilines is 1. The van der Waals surface area contributed by atoms with E-state index in [1.807, 2.05) is 18.2 Å². The van der Waals surface area contributed by atoms with Crippen LogP contribution in [0.4, 0.5) is 10.1 Å². The molecule has 6 rings (SSSR count). The Morgan fingerprint density at radius 3 is 2.68 bits per heavy atom. The molecule has 3 aromatic carbocycles. The third kappa shape index (κ3) is 3.47. The van der Waals surface area contributed by atoms with Gasteiger partial charge in [-0.2, -0.15) is 0 Å². The normalized spacial score (nSPS) is 21.9. The monoisotopic (exact) mass is 474 g/mol. The van der Waals surface area contributed by atoms with Crippen molar-refractivity contribution < 1.29 is 9.18 Å². The topological polar surface area (TPSA) is 23.6 Å². The summed E-state index contributed by atoms with van der Waals surface area (Å²) in [5, 5.41) is 0.778. The molecule has 1 saturated heterocycles. The van der Waals surface area contributed by atoms with E-state index >= 15 is 0 Å². The molecule has 3 atom stereocenters. The maximum absolute atomic E-state index is 13.4. The molecule has 0 aromatic heterocycles. The Morgan fingerprint density at radius 2 is 1.91 bits per heavy atom. The summed E-state index contributed by atoms with van der Waals surface area (Å²) < 4.78 is 13.4. The van der Waals surface area contributed by atoms with Crippen LogP contribution in [-0.4, -0.2) is 42.4 Å². The van der Waals surface area contributed by atoms with E-state index in [0.29, 0.717) is 17.5 Å². The molecule has 0 radical (unpaired) electrons. The van der Waals surface area contributed by atoms with Gasteiger partial charge in [0.2, 0.25) is 0 Å². The van der Waals surface area contributed by atoms with Crippen molar-refractivity contribution in [2.24, 2.45) is 0 Å². The highest BCUT2D eigenvalue weighted by Crippen LogP contribution is 2.51. The Balaban J connectivity index is 1.33. The van der Waals surface area contributed by atoms with Gasteiger partial charge in [0.25, 0.3) is 0 Å². The van der Waals surface area contributed by atoms with Crippen LogP contribution in [0.1, 0.15) is 47.2 Å². The summed E-state index contributed by atoms with van der Waals surface area (Å²) in [7, 11) is 0.